The minimum Gasteiger partial charge on any atom is -0.487 e. The van der Waals surface area contributed by atoms with Gasteiger partial charge in [-0.15, -0.1) is 0 Å². The SMILES string of the molecule is CC1(C)Cc2cc(S(=O)(=O)N3CCC(F)(F)C(CO)C3)ccc2O1. The topological polar surface area (TPSA) is 66.8 Å². The third-order valence-corrected chi connectivity index (χ3v) is 6.47. The number of hydrogen-bond donors (Lipinski definition) is 1. The second-order valence-corrected chi connectivity index (χ2v) is 9.00. The first-order valence-corrected chi connectivity index (χ1v) is 9.30. The molecule has 0 bridgehead atoms. The van der Waals surface area contributed by atoms with Crippen molar-refractivity contribution in [3.63, 3.8) is 0 Å². The van der Waals surface area contributed by atoms with Crippen molar-refractivity contribution >= 4 is 10.0 Å². The minimum atomic E-state index is -3.88. The summed E-state index contributed by atoms with van der Waals surface area (Å²) < 4.78 is 59.7. The van der Waals surface area contributed by atoms with Crippen LogP contribution in [0.2, 0.25) is 0 Å². The number of ether oxygens (including phenoxy) is 1. The van der Waals surface area contributed by atoms with Crippen LogP contribution in [0, 0.1) is 5.92 Å². The van der Waals surface area contributed by atoms with E-state index in [9.17, 15) is 17.2 Å². The van der Waals surface area contributed by atoms with E-state index in [1.54, 1.807) is 12.1 Å². The quantitative estimate of drug-likeness (QED) is 0.895. The number of aliphatic hydroxyl groups excluding tert-OH is 1. The lowest BCUT2D eigenvalue weighted by Gasteiger charge is -2.36. The Kier molecular flexibility index (Phi) is 4.13. The van der Waals surface area contributed by atoms with Gasteiger partial charge in [-0.1, -0.05) is 0 Å². The molecule has 5 nitrogen and oxygen atoms in total. The lowest BCUT2D eigenvalue weighted by Crippen LogP contribution is -2.50. The Morgan fingerprint density at radius 3 is 2.75 bits per heavy atom. The van der Waals surface area contributed by atoms with E-state index in [0.717, 1.165) is 9.87 Å². The predicted molar refractivity (Wildman–Crippen MR) is 83.8 cm³/mol. The molecular weight excluding hydrogens is 340 g/mol. The molecule has 1 fully saturated rings. The average molecular weight is 361 g/mol. The summed E-state index contributed by atoms with van der Waals surface area (Å²) >= 11 is 0. The van der Waals surface area contributed by atoms with Gasteiger partial charge in [0.2, 0.25) is 10.0 Å². The minimum absolute atomic E-state index is 0.0736. The Morgan fingerprint density at radius 2 is 2.08 bits per heavy atom. The van der Waals surface area contributed by atoms with E-state index >= 15 is 0 Å². The molecule has 0 radical (unpaired) electrons. The maximum absolute atomic E-state index is 13.7. The highest BCUT2D eigenvalue weighted by atomic mass is 32.2. The third kappa shape index (κ3) is 3.02. The fourth-order valence-corrected chi connectivity index (χ4v) is 4.79. The summed E-state index contributed by atoms with van der Waals surface area (Å²) in [5.74, 6) is -3.77. The van der Waals surface area contributed by atoms with E-state index in [1.807, 2.05) is 13.8 Å². The highest BCUT2D eigenvalue weighted by Gasteiger charge is 2.46. The number of piperidine rings is 1. The van der Waals surface area contributed by atoms with Crippen LogP contribution in [0.3, 0.4) is 0 Å². The molecule has 0 spiro atoms. The number of aliphatic hydroxyl groups is 1. The molecule has 0 saturated carbocycles. The monoisotopic (exact) mass is 361 g/mol. The average Bonchev–Trinajstić information content (AvgIpc) is 2.79. The Labute approximate surface area is 140 Å². The Hall–Kier alpha value is -1.25. The molecule has 2 aliphatic heterocycles. The van der Waals surface area contributed by atoms with Crippen LogP contribution >= 0.6 is 0 Å². The van der Waals surface area contributed by atoms with Crippen LogP contribution in [0.25, 0.3) is 0 Å². The first kappa shape index (κ1) is 17.6. The van der Waals surface area contributed by atoms with Crippen molar-refractivity contribution in [2.45, 2.75) is 43.1 Å². The normalized spacial score (nSPS) is 26.0. The van der Waals surface area contributed by atoms with Crippen LogP contribution in [-0.2, 0) is 16.4 Å². The van der Waals surface area contributed by atoms with E-state index in [0.29, 0.717) is 12.2 Å². The molecule has 1 aromatic rings. The summed E-state index contributed by atoms with van der Waals surface area (Å²) in [4.78, 5) is 0.0736. The van der Waals surface area contributed by atoms with Crippen LogP contribution in [0.4, 0.5) is 8.78 Å². The van der Waals surface area contributed by atoms with Gasteiger partial charge >= 0.3 is 0 Å². The lowest BCUT2D eigenvalue weighted by molar-refractivity contribution is -0.107. The maximum Gasteiger partial charge on any atom is 0.255 e. The van der Waals surface area contributed by atoms with E-state index in [2.05, 4.69) is 0 Å². The van der Waals surface area contributed by atoms with Gasteiger partial charge in [0.05, 0.1) is 17.4 Å². The largest absolute Gasteiger partial charge is 0.487 e. The van der Waals surface area contributed by atoms with Crippen LogP contribution in [0.15, 0.2) is 23.1 Å². The van der Waals surface area contributed by atoms with Crippen LogP contribution in [0.5, 0.6) is 5.75 Å². The third-order valence-electron chi connectivity index (χ3n) is 4.61. The molecule has 2 heterocycles. The van der Waals surface area contributed by atoms with Crippen molar-refractivity contribution in [3.05, 3.63) is 23.8 Å². The molecule has 1 N–H and O–H groups in total. The molecule has 3 rings (SSSR count). The first-order valence-electron chi connectivity index (χ1n) is 7.86. The van der Waals surface area contributed by atoms with E-state index in [1.165, 1.54) is 6.07 Å². The molecule has 1 atom stereocenters. The fraction of sp³-hybridized carbons (Fsp3) is 0.625. The van der Waals surface area contributed by atoms with E-state index in [-0.39, 0.29) is 23.6 Å². The second kappa shape index (κ2) is 5.64. The number of nitrogens with zero attached hydrogens (tertiary/aromatic N) is 1. The predicted octanol–water partition coefficient (Wildman–Crippen LogP) is 2.04. The molecule has 1 unspecified atom stereocenters. The van der Waals surface area contributed by atoms with Crippen LogP contribution < -0.4 is 4.74 Å². The number of halogens is 2. The van der Waals surface area contributed by atoms with Gasteiger partial charge in [-0.05, 0) is 37.6 Å². The molecule has 24 heavy (non-hydrogen) atoms. The maximum atomic E-state index is 13.7. The first-order chi connectivity index (χ1) is 11.0. The number of hydrogen-bond acceptors (Lipinski definition) is 4. The molecule has 1 aromatic carbocycles. The van der Waals surface area contributed by atoms with Crippen LogP contribution in [-0.4, -0.2) is 49.0 Å². The molecule has 0 amide bonds. The highest BCUT2D eigenvalue weighted by molar-refractivity contribution is 7.89. The van der Waals surface area contributed by atoms with Crippen molar-refractivity contribution in [1.29, 1.82) is 0 Å². The summed E-state index contributed by atoms with van der Waals surface area (Å²) in [7, 11) is -3.88. The Bertz CT molecular complexity index is 748. The van der Waals surface area contributed by atoms with Gasteiger partial charge in [0, 0.05) is 25.9 Å². The number of benzene rings is 1. The molecule has 0 aromatic heterocycles. The van der Waals surface area contributed by atoms with Gasteiger partial charge in [-0.25, -0.2) is 17.2 Å². The second-order valence-electron chi connectivity index (χ2n) is 7.06. The zero-order valence-electron chi connectivity index (χ0n) is 13.6. The number of sulfonamides is 1. The zero-order valence-corrected chi connectivity index (χ0v) is 14.4. The molecule has 8 heteroatoms. The van der Waals surface area contributed by atoms with Crippen molar-refractivity contribution in [3.8, 4) is 5.75 Å². The van der Waals surface area contributed by atoms with E-state index in [4.69, 9.17) is 9.84 Å². The summed E-state index contributed by atoms with van der Waals surface area (Å²) in [5, 5.41) is 9.15. The fourth-order valence-electron chi connectivity index (χ4n) is 3.25. The Balaban J connectivity index is 1.87. The van der Waals surface area contributed by atoms with Gasteiger partial charge in [0.15, 0.2) is 0 Å². The smallest absolute Gasteiger partial charge is 0.255 e. The molecule has 0 aliphatic carbocycles. The van der Waals surface area contributed by atoms with Crippen molar-refractivity contribution < 1.29 is 27.0 Å². The van der Waals surface area contributed by atoms with Gasteiger partial charge in [0.1, 0.15) is 11.4 Å². The number of fused-ring (bicyclic) bond motifs is 1. The van der Waals surface area contributed by atoms with Gasteiger partial charge in [-0.3, -0.25) is 0 Å². The van der Waals surface area contributed by atoms with Gasteiger partial charge in [-0.2, -0.15) is 4.31 Å². The summed E-state index contributed by atoms with van der Waals surface area (Å²) in [6.07, 6.45) is 0.00156. The summed E-state index contributed by atoms with van der Waals surface area (Å²) in [6, 6.07) is 4.61. The van der Waals surface area contributed by atoms with Crippen molar-refractivity contribution in [2.24, 2.45) is 5.92 Å². The highest BCUT2D eigenvalue weighted by Crippen LogP contribution is 2.38. The summed E-state index contributed by atoms with van der Waals surface area (Å²) in [6.45, 7) is 2.44. The molecule has 134 valence electrons. The Morgan fingerprint density at radius 1 is 1.38 bits per heavy atom. The lowest BCUT2D eigenvalue weighted by atomic mass is 9.96. The van der Waals surface area contributed by atoms with Gasteiger partial charge < -0.3 is 9.84 Å². The van der Waals surface area contributed by atoms with Crippen molar-refractivity contribution in [1.82, 2.24) is 4.31 Å². The number of alkyl halides is 2. The zero-order chi connectivity index (χ0) is 17.8. The number of rotatable bonds is 3. The standard InChI is InChI=1S/C16H21F2NO4S/c1-15(2)8-11-7-13(3-4-14(11)23-15)24(21,22)19-6-5-16(17,18)12(9-19)10-20/h3-4,7,12,20H,5-6,8-10H2,1-2H3. The molecule has 1 saturated heterocycles. The van der Waals surface area contributed by atoms with Crippen LogP contribution in [0.1, 0.15) is 25.8 Å². The summed E-state index contributed by atoms with van der Waals surface area (Å²) in [5.41, 5.74) is 0.405. The molecular formula is C16H21F2NO4S. The van der Waals surface area contributed by atoms with Gasteiger partial charge in [0.25, 0.3) is 5.92 Å². The van der Waals surface area contributed by atoms with Crippen molar-refractivity contribution in [2.75, 3.05) is 19.7 Å². The molecule has 2 aliphatic rings. The van der Waals surface area contributed by atoms with E-state index < -0.39 is 34.9 Å².